The molecule has 0 radical (unpaired) electrons. The third kappa shape index (κ3) is 2.07. The number of hydrogen-bond acceptors (Lipinski definition) is 4. The minimum atomic E-state index is 0.667. The predicted molar refractivity (Wildman–Crippen MR) is 84.3 cm³/mol. The van der Waals surface area contributed by atoms with Gasteiger partial charge in [-0.25, -0.2) is 4.98 Å². The molecular formula is C17H14N4O. The summed E-state index contributed by atoms with van der Waals surface area (Å²) in [6, 6.07) is 11.9. The molecule has 0 atom stereocenters. The number of benzene rings is 1. The molecule has 0 bridgehead atoms. The molecule has 1 aromatic carbocycles. The summed E-state index contributed by atoms with van der Waals surface area (Å²) in [7, 11) is 0. The first-order valence-electron chi connectivity index (χ1n) is 7.06. The van der Waals surface area contributed by atoms with Crippen molar-refractivity contribution in [3.05, 3.63) is 54.2 Å². The lowest BCUT2D eigenvalue weighted by Crippen LogP contribution is -1.88. The van der Waals surface area contributed by atoms with Gasteiger partial charge < -0.3 is 4.42 Å². The van der Waals surface area contributed by atoms with Crippen LogP contribution in [0.5, 0.6) is 0 Å². The summed E-state index contributed by atoms with van der Waals surface area (Å²) in [5, 5.41) is 7.29. The number of nitrogens with one attached hydrogen (secondary N) is 1. The highest BCUT2D eigenvalue weighted by atomic mass is 16.3. The van der Waals surface area contributed by atoms with Gasteiger partial charge in [-0.1, -0.05) is 12.1 Å². The fourth-order valence-electron chi connectivity index (χ4n) is 2.59. The highest BCUT2D eigenvalue weighted by Crippen LogP contribution is 2.31. The van der Waals surface area contributed by atoms with Crippen LogP contribution in [0.15, 0.2) is 47.0 Å². The summed E-state index contributed by atoms with van der Waals surface area (Å²) in [5.74, 6) is 0.667. The minimum Gasteiger partial charge on any atom is -0.441 e. The maximum atomic E-state index is 5.61. The SMILES string of the molecule is Cc1cccc(-c2n[nH]cc2-c2ccc3nc(C)oc3c2)n1. The summed E-state index contributed by atoms with van der Waals surface area (Å²) in [6.07, 6.45) is 1.88. The van der Waals surface area contributed by atoms with E-state index >= 15 is 0 Å². The molecule has 4 aromatic rings. The standard InChI is InChI=1S/C17H14N4O/c1-10-4-3-5-15(19-10)17-13(9-18-21-17)12-6-7-14-16(8-12)22-11(2)20-14/h3-9H,1-2H3,(H,18,21). The second-order valence-corrected chi connectivity index (χ2v) is 5.23. The normalized spacial score (nSPS) is 11.2. The van der Waals surface area contributed by atoms with E-state index < -0.39 is 0 Å². The molecule has 0 fully saturated rings. The van der Waals surface area contributed by atoms with Crippen LogP contribution in [0.3, 0.4) is 0 Å². The van der Waals surface area contributed by atoms with Crippen LogP contribution in [0, 0.1) is 13.8 Å². The fraction of sp³-hybridized carbons (Fsp3) is 0.118. The van der Waals surface area contributed by atoms with Crippen molar-refractivity contribution in [1.29, 1.82) is 0 Å². The predicted octanol–water partition coefficient (Wildman–Crippen LogP) is 3.90. The molecule has 0 saturated carbocycles. The van der Waals surface area contributed by atoms with Gasteiger partial charge in [-0.2, -0.15) is 5.10 Å². The Morgan fingerprint density at radius 1 is 1.05 bits per heavy atom. The number of pyridine rings is 1. The number of nitrogens with zero attached hydrogens (tertiary/aromatic N) is 3. The number of fused-ring (bicyclic) bond motifs is 1. The average molecular weight is 290 g/mol. The van der Waals surface area contributed by atoms with E-state index in [9.17, 15) is 0 Å². The Hall–Kier alpha value is -2.95. The maximum absolute atomic E-state index is 5.61. The molecule has 0 saturated heterocycles. The Kier molecular flexibility index (Phi) is 2.79. The van der Waals surface area contributed by atoms with E-state index in [1.54, 1.807) is 0 Å². The van der Waals surface area contributed by atoms with E-state index in [-0.39, 0.29) is 0 Å². The van der Waals surface area contributed by atoms with Gasteiger partial charge >= 0.3 is 0 Å². The van der Waals surface area contributed by atoms with Crippen molar-refractivity contribution in [3.8, 4) is 22.5 Å². The molecule has 0 aliphatic heterocycles. The van der Waals surface area contributed by atoms with Crippen LogP contribution in [0.4, 0.5) is 0 Å². The van der Waals surface area contributed by atoms with E-state index in [1.807, 2.05) is 56.4 Å². The van der Waals surface area contributed by atoms with E-state index in [0.29, 0.717) is 5.89 Å². The van der Waals surface area contributed by atoms with E-state index in [2.05, 4.69) is 20.2 Å². The first kappa shape index (κ1) is 12.8. The topological polar surface area (TPSA) is 67.6 Å². The first-order chi connectivity index (χ1) is 10.7. The van der Waals surface area contributed by atoms with Gasteiger partial charge in [0.15, 0.2) is 11.5 Å². The molecule has 3 heterocycles. The second-order valence-electron chi connectivity index (χ2n) is 5.23. The zero-order valence-corrected chi connectivity index (χ0v) is 12.3. The number of aromatic amines is 1. The number of hydrogen-bond donors (Lipinski definition) is 1. The van der Waals surface area contributed by atoms with Crippen LogP contribution in [0.1, 0.15) is 11.6 Å². The average Bonchev–Trinajstić information content (AvgIpc) is 3.11. The Morgan fingerprint density at radius 3 is 2.82 bits per heavy atom. The Bertz CT molecular complexity index is 968. The van der Waals surface area contributed by atoms with E-state index in [0.717, 1.165) is 39.3 Å². The summed E-state index contributed by atoms with van der Waals surface area (Å²) in [6.45, 7) is 3.82. The van der Waals surface area contributed by atoms with Crippen LogP contribution in [-0.4, -0.2) is 20.2 Å². The molecule has 3 aromatic heterocycles. The van der Waals surface area contributed by atoms with Crippen molar-refractivity contribution < 1.29 is 4.42 Å². The van der Waals surface area contributed by atoms with Crippen LogP contribution in [0.2, 0.25) is 0 Å². The summed E-state index contributed by atoms with van der Waals surface area (Å²) in [5.41, 5.74) is 6.31. The lowest BCUT2D eigenvalue weighted by atomic mass is 10.0. The van der Waals surface area contributed by atoms with Crippen molar-refractivity contribution in [2.45, 2.75) is 13.8 Å². The van der Waals surface area contributed by atoms with Gasteiger partial charge in [-0.3, -0.25) is 10.1 Å². The lowest BCUT2D eigenvalue weighted by molar-refractivity contribution is 0.561. The number of H-pyrrole nitrogens is 1. The van der Waals surface area contributed by atoms with Crippen molar-refractivity contribution in [2.75, 3.05) is 0 Å². The fourth-order valence-corrected chi connectivity index (χ4v) is 2.59. The highest BCUT2D eigenvalue weighted by Gasteiger charge is 2.13. The molecule has 0 amide bonds. The van der Waals surface area contributed by atoms with Gasteiger partial charge in [0.1, 0.15) is 11.2 Å². The number of aromatic nitrogens is 4. The van der Waals surface area contributed by atoms with Crippen LogP contribution < -0.4 is 0 Å². The number of oxazole rings is 1. The molecule has 0 aliphatic rings. The van der Waals surface area contributed by atoms with Crippen molar-refractivity contribution >= 4 is 11.1 Å². The van der Waals surface area contributed by atoms with E-state index in [1.165, 1.54) is 0 Å². The second kappa shape index (κ2) is 4.80. The smallest absolute Gasteiger partial charge is 0.192 e. The third-order valence-electron chi connectivity index (χ3n) is 3.58. The molecule has 0 unspecified atom stereocenters. The Morgan fingerprint density at radius 2 is 1.95 bits per heavy atom. The van der Waals surface area contributed by atoms with Gasteiger partial charge in [0.2, 0.25) is 0 Å². The highest BCUT2D eigenvalue weighted by molar-refractivity contribution is 5.85. The molecule has 108 valence electrons. The zero-order valence-electron chi connectivity index (χ0n) is 12.3. The largest absolute Gasteiger partial charge is 0.441 e. The van der Waals surface area contributed by atoms with Gasteiger partial charge in [-0.05, 0) is 36.8 Å². The molecule has 4 rings (SSSR count). The molecular weight excluding hydrogens is 276 g/mol. The Balaban J connectivity index is 1.87. The Labute approximate surface area is 127 Å². The maximum Gasteiger partial charge on any atom is 0.192 e. The molecule has 22 heavy (non-hydrogen) atoms. The van der Waals surface area contributed by atoms with E-state index in [4.69, 9.17) is 4.42 Å². The third-order valence-corrected chi connectivity index (χ3v) is 3.58. The number of aryl methyl sites for hydroxylation is 2. The number of rotatable bonds is 2. The van der Waals surface area contributed by atoms with Gasteiger partial charge in [0.25, 0.3) is 0 Å². The molecule has 5 nitrogen and oxygen atoms in total. The molecule has 0 spiro atoms. The van der Waals surface area contributed by atoms with Gasteiger partial charge in [0, 0.05) is 24.4 Å². The minimum absolute atomic E-state index is 0.667. The van der Waals surface area contributed by atoms with Crippen LogP contribution in [-0.2, 0) is 0 Å². The van der Waals surface area contributed by atoms with Gasteiger partial charge in [0.05, 0.1) is 5.69 Å². The van der Waals surface area contributed by atoms with Crippen LogP contribution >= 0.6 is 0 Å². The monoisotopic (exact) mass is 290 g/mol. The summed E-state index contributed by atoms with van der Waals surface area (Å²) in [4.78, 5) is 8.88. The van der Waals surface area contributed by atoms with Crippen molar-refractivity contribution in [1.82, 2.24) is 20.2 Å². The summed E-state index contributed by atoms with van der Waals surface area (Å²) >= 11 is 0. The molecule has 0 aliphatic carbocycles. The van der Waals surface area contributed by atoms with Crippen molar-refractivity contribution in [3.63, 3.8) is 0 Å². The molecule has 1 N–H and O–H groups in total. The quantitative estimate of drug-likeness (QED) is 0.608. The van der Waals surface area contributed by atoms with Crippen molar-refractivity contribution in [2.24, 2.45) is 0 Å². The molecule has 5 heteroatoms. The first-order valence-corrected chi connectivity index (χ1v) is 7.06. The summed E-state index contributed by atoms with van der Waals surface area (Å²) < 4.78 is 5.61. The zero-order chi connectivity index (χ0) is 15.1. The van der Waals surface area contributed by atoms with Crippen LogP contribution in [0.25, 0.3) is 33.6 Å². The lowest BCUT2D eigenvalue weighted by Gasteiger charge is -2.03. The van der Waals surface area contributed by atoms with Gasteiger partial charge in [-0.15, -0.1) is 0 Å².